The highest BCUT2D eigenvalue weighted by Crippen LogP contribution is 2.22. The summed E-state index contributed by atoms with van der Waals surface area (Å²) in [6.07, 6.45) is 1.69. The van der Waals surface area contributed by atoms with E-state index in [-0.39, 0.29) is 0 Å². The van der Waals surface area contributed by atoms with Gasteiger partial charge in [-0.2, -0.15) is 4.98 Å². The summed E-state index contributed by atoms with van der Waals surface area (Å²) in [5.74, 6) is 1.06. The standard InChI is InChI=1S/C25H27N3O2/c1-4-20(2)28(3)26-17-23-15-16-24(29-18-21-11-7-5-8-12-21)27-25(23)30-19-22-13-9-6-10-14-22/h4-16,26H,1-2,17-19H2,3H3. The highest BCUT2D eigenvalue weighted by Gasteiger charge is 2.10. The van der Waals surface area contributed by atoms with E-state index in [1.165, 1.54) is 0 Å². The van der Waals surface area contributed by atoms with Crippen LogP contribution in [0.25, 0.3) is 0 Å². The number of benzene rings is 2. The number of aromatic nitrogens is 1. The van der Waals surface area contributed by atoms with Crippen molar-refractivity contribution in [2.24, 2.45) is 0 Å². The Balaban J connectivity index is 1.72. The highest BCUT2D eigenvalue weighted by atomic mass is 16.5. The molecule has 2 aromatic carbocycles. The maximum absolute atomic E-state index is 6.04. The molecule has 0 radical (unpaired) electrons. The molecule has 0 unspecified atom stereocenters. The number of nitrogens with one attached hydrogen (secondary N) is 1. The Kier molecular flexibility index (Phi) is 7.64. The van der Waals surface area contributed by atoms with Crippen molar-refractivity contribution in [1.82, 2.24) is 15.4 Å². The number of hydrogen-bond acceptors (Lipinski definition) is 5. The van der Waals surface area contributed by atoms with Gasteiger partial charge in [0.25, 0.3) is 0 Å². The Labute approximate surface area is 178 Å². The molecule has 5 heteroatoms. The Morgan fingerprint density at radius 3 is 2.13 bits per heavy atom. The third-order valence-electron chi connectivity index (χ3n) is 4.53. The number of nitrogens with zero attached hydrogens (tertiary/aromatic N) is 2. The molecular formula is C25H27N3O2. The summed E-state index contributed by atoms with van der Waals surface area (Å²) < 4.78 is 11.9. The molecule has 0 atom stereocenters. The summed E-state index contributed by atoms with van der Waals surface area (Å²) in [5, 5.41) is 1.81. The lowest BCUT2D eigenvalue weighted by Gasteiger charge is -2.21. The van der Waals surface area contributed by atoms with Crippen molar-refractivity contribution >= 4 is 0 Å². The van der Waals surface area contributed by atoms with Crippen LogP contribution in [0.15, 0.2) is 97.7 Å². The molecule has 0 aliphatic carbocycles. The molecule has 0 spiro atoms. The maximum Gasteiger partial charge on any atom is 0.221 e. The first-order valence-electron chi connectivity index (χ1n) is 9.77. The molecule has 1 heterocycles. The van der Waals surface area contributed by atoms with Gasteiger partial charge in [-0.1, -0.05) is 73.8 Å². The summed E-state index contributed by atoms with van der Waals surface area (Å²) in [5.41, 5.74) is 7.12. The van der Waals surface area contributed by atoms with Crippen LogP contribution in [0.4, 0.5) is 0 Å². The zero-order chi connectivity index (χ0) is 21.2. The van der Waals surface area contributed by atoms with Crippen LogP contribution in [-0.2, 0) is 19.8 Å². The molecule has 1 aromatic heterocycles. The predicted octanol–water partition coefficient (Wildman–Crippen LogP) is 4.88. The molecule has 0 fully saturated rings. The van der Waals surface area contributed by atoms with Crippen molar-refractivity contribution in [1.29, 1.82) is 0 Å². The number of rotatable bonds is 11. The van der Waals surface area contributed by atoms with Gasteiger partial charge >= 0.3 is 0 Å². The van der Waals surface area contributed by atoms with Crippen molar-refractivity contribution < 1.29 is 9.47 Å². The Bertz CT molecular complexity index is 959. The van der Waals surface area contributed by atoms with Gasteiger partial charge in [0.1, 0.15) is 13.2 Å². The number of ether oxygens (including phenoxy) is 2. The molecule has 0 saturated carbocycles. The first-order chi connectivity index (χ1) is 14.7. The summed E-state index contributed by atoms with van der Waals surface area (Å²) in [7, 11) is 1.89. The summed E-state index contributed by atoms with van der Waals surface area (Å²) in [6.45, 7) is 9.07. The van der Waals surface area contributed by atoms with E-state index in [0.717, 1.165) is 22.4 Å². The van der Waals surface area contributed by atoms with Gasteiger partial charge in [-0.3, -0.25) is 0 Å². The minimum atomic E-state index is 0.429. The highest BCUT2D eigenvalue weighted by molar-refractivity contribution is 5.31. The lowest BCUT2D eigenvalue weighted by atomic mass is 10.2. The topological polar surface area (TPSA) is 46.6 Å². The predicted molar refractivity (Wildman–Crippen MR) is 120 cm³/mol. The zero-order valence-electron chi connectivity index (χ0n) is 17.3. The second kappa shape index (κ2) is 10.8. The number of likely N-dealkylation sites (N-methyl/N-ethyl adjacent to an activating group) is 1. The Hall–Kier alpha value is -3.57. The van der Waals surface area contributed by atoms with Crippen molar-refractivity contribution in [3.63, 3.8) is 0 Å². The van der Waals surface area contributed by atoms with E-state index in [4.69, 9.17) is 9.47 Å². The fraction of sp³-hybridized carbons (Fsp3) is 0.160. The SMILES string of the molecule is C=CC(=C)N(C)NCc1ccc(OCc2ccccc2)nc1OCc1ccccc1. The minimum Gasteiger partial charge on any atom is -0.473 e. The van der Waals surface area contributed by atoms with Crippen molar-refractivity contribution in [2.75, 3.05) is 7.05 Å². The van der Waals surface area contributed by atoms with Crippen LogP contribution in [0.5, 0.6) is 11.8 Å². The molecule has 0 aliphatic rings. The van der Waals surface area contributed by atoms with Crippen LogP contribution in [0.2, 0.25) is 0 Å². The molecular weight excluding hydrogens is 374 g/mol. The monoisotopic (exact) mass is 401 g/mol. The molecule has 154 valence electrons. The molecule has 5 nitrogen and oxygen atoms in total. The average Bonchev–Trinajstić information content (AvgIpc) is 2.81. The first kappa shape index (κ1) is 21.1. The molecule has 3 rings (SSSR count). The van der Waals surface area contributed by atoms with Gasteiger partial charge in [-0.05, 0) is 23.3 Å². The summed E-state index contributed by atoms with van der Waals surface area (Å²) in [6, 6.07) is 23.8. The van der Waals surface area contributed by atoms with Gasteiger partial charge in [0, 0.05) is 30.9 Å². The van der Waals surface area contributed by atoms with E-state index in [2.05, 4.69) is 23.6 Å². The van der Waals surface area contributed by atoms with Crippen LogP contribution < -0.4 is 14.9 Å². The molecule has 3 aromatic rings. The van der Waals surface area contributed by atoms with Crippen LogP contribution in [0.1, 0.15) is 16.7 Å². The largest absolute Gasteiger partial charge is 0.473 e. The number of hydrazine groups is 1. The van der Waals surface area contributed by atoms with Crippen molar-refractivity contribution in [3.8, 4) is 11.8 Å². The van der Waals surface area contributed by atoms with Gasteiger partial charge < -0.3 is 14.5 Å². The molecule has 1 N–H and O–H groups in total. The van der Waals surface area contributed by atoms with Crippen LogP contribution >= 0.6 is 0 Å². The maximum atomic E-state index is 6.04. The van der Waals surface area contributed by atoms with E-state index in [1.807, 2.05) is 84.9 Å². The lowest BCUT2D eigenvalue weighted by Crippen LogP contribution is -2.32. The van der Waals surface area contributed by atoms with Gasteiger partial charge in [0.05, 0.1) is 0 Å². The quantitative estimate of drug-likeness (QED) is 0.367. The van der Waals surface area contributed by atoms with Gasteiger partial charge in [-0.15, -0.1) is 0 Å². The first-order valence-corrected chi connectivity index (χ1v) is 9.77. The fourth-order valence-electron chi connectivity index (χ4n) is 2.69. The third-order valence-corrected chi connectivity index (χ3v) is 4.53. The molecule has 0 saturated heterocycles. The second-order valence-corrected chi connectivity index (χ2v) is 6.75. The normalized spacial score (nSPS) is 10.3. The van der Waals surface area contributed by atoms with E-state index < -0.39 is 0 Å². The van der Waals surface area contributed by atoms with Crippen molar-refractivity contribution in [3.05, 3.63) is 114 Å². The van der Waals surface area contributed by atoms with Gasteiger partial charge in [0.2, 0.25) is 11.8 Å². The summed E-state index contributed by atoms with van der Waals surface area (Å²) in [4.78, 5) is 4.60. The summed E-state index contributed by atoms with van der Waals surface area (Å²) >= 11 is 0. The van der Waals surface area contributed by atoms with E-state index in [1.54, 1.807) is 6.08 Å². The smallest absolute Gasteiger partial charge is 0.221 e. The third kappa shape index (κ3) is 6.22. The zero-order valence-corrected chi connectivity index (χ0v) is 17.3. The minimum absolute atomic E-state index is 0.429. The number of hydrogen-bond donors (Lipinski definition) is 1. The lowest BCUT2D eigenvalue weighted by molar-refractivity contribution is 0.259. The van der Waals surface area contributed by atoms with Crippen molar-refractivity contribution in [2.45, 2.75) is 19.8 Å². The number of pyridine rings is 1. The van der Waals surface area contributed by atoms with Crippen LogP contribution in [0.3, 0.4) is 0 Å². The second-order valence-electron chi connectivity index (χ2n) is 6.75. The van der Waals surface area contributed by atoms with E-state index >= 15 is 0 Å². The Morgan fingerprint density at radius 1 is 0.933 bits per heavy atom. The number of allylic oxidation sites excluding steroid dienone is 1. The average molecular weight is 402 g/mol. The van der Waals surface area contributed by atoms with E-state index in [9.17, 15) is 0 Å². The molecule has 30 heavy (non-hydrogen) atoms. The fourth-order valence-corrected chi connectivity index (χ4v) is 2.69. The van der Waals surface area contributed by atoms with E-state index in [0.29, 0.717) is 31.5 Å². The van der Waals surface area contributed by atoms with Gasteiger partial charge in [0.15, 0.2) is 0 Å². The molecule has 0 amide bonds. The molecule has 0 bridgehead atoms. The van der Waals surface area contributed by atoms with Gasteiger partial charge in [-0.25, -0.2) is 5.43 Å². The Morgan fingerprint density at radius 2 is 1.53 bits per heavy atom. The van der Waals surface area contributed by atoms with Crippen LogP contribution in [0, 0.1) is 0 Å². The van der Waals surface area contributed by atoms with Crippen LogP contribution in [-0.4, -0.2) is 17.0 Å². The molecule has 0 aliphatic heterocycles.